The zero-order valence-electron chi connectivity index (χ0n) is 13.8. The number of rotatable bonds is 2. The Morgan fingerprint density at radius 3 is 2.45 bits per heavy atom. The van der Waals surface area contributed by atoms with E-state index >= 15 is 0 Å². The van der Waals surface area contributed by atoms with Crippen LogP contribution in [0.5, 0.6) is 0 Å². The van der Waals surface area contributed by atoms with E-state index in [1.807, 2.05) is 30.0 Å². The standard InChI is InChI=1S/C18H25N3O/c1-13(2)21-14(3)19-16-12-15(8-9-17(16)21)18(22)20-10-6-4-5-7-11-20/h8-9,12-13H,4-7,10-11H2,1-3H3. The molecule has 0 spiro atoms. The van der Waals surface area contributed by atoms with E-state index in [1.165, 1.54) is 12.8 Å². The molecule has 0 unspecified atom stereocenters. The molecule has 0 radical (unpaired) electrons. The number of hydrogen-bond acceptors (Lipinski definition) is 2. The van der Waals surface area contributed by atoms with Gasteiger partial charge in [0.2, 0.25) is 0 Å². The van der Waals surface area contributed by atoms with Crippen LogP contribution in [0.1, 0.15) is 61.8 Å². The molecule has 0 aliphatic carbocycles. The van der Waals surface area contributed by atoms with Crippen LogP contribution in [-0.2, 0) is 0 Å². The average Bonchev–Trinajstić information content (AvgIpc) is 2.66. The van der Waals surface area contributed by atoms with E-state index in [2.05, 4.69) is 23.4 Å². The number of nitrogens with zero attached hydrogens (tertiary/aromatic N) is 3. The lowest BCUT2D eigenvalue weighted by Crippen LogP contribution is -2.31. The third kappa shape index (κ3) is 2.74. The highest BCUT2D eigenvalue weighted by Gasteiger charge is 2.19. The highest BCUT2D eigenvalue weighted by molar-refractivity contribution is 5.97. The van der Waals surface area contributed by atoms with E-state index in [0.29, 0.717) is 6.04 Å². The number of imidazole rings is 1. The fraction of sp³-hybridized carbons (Fsp3) is 0.556. The Morgan fingerprint density at radius 1 is 1.14 bits per heavy atom. The minimum Gasteiger partial charge on any atom is -0.339 e. The Bertz CT molecular complexity index is 679. The highest BCUT2D eigenvalue weighted by Crippen LogP contribution is 2.23. The molecule has 1 aliphatic heterocycles. The van der Waals surface area contributed by atoms with Crippen molar-refractivity contribution in [1.29, 1.82) is 0 Å². The summed E-state index contributed by atoms with van der Waals surface area (Å²) < 4.78 is 2.22. The van der Waals surface area contributed by atoms with Crippen LogP contribution in [0.2, 0.25) is 0 Å². The summed E-state index contributed by atoms with van der Waals surface area (Å²) in [7, 11) is 0. The molecule has 4 nitrogen and oxygen atoms in total. The van der Waals surface area contributed by atoms with Crippen molar-refractivity contribution < 1.29 is 4.79 Å². The van der Waals surface area contributed by atoms with Gasteiger partial charge in [-0.1, -0.05) is 12.8 Å². The van der Waals surface area contributed by atoms with Gasteiger partial charge in [0.15, 0.2) is 0 Å². The minimum atomic E-state index is 0.153. The fourth-order valence-electron chi connectivity index (χ4n) is 3.46. The molecule has 118 valence electrons. The maximum absolute atomic E-state index is 12.7. The normalized spacial score (nSPS) is 16.3. The lowest BCUT2D eigenvalue weighted by Gasteiger charge is -2.20. The maximum Gasteiger partial charge on any atom is 0.253 e. The second kappa shape index (κ2) is 6.11. The molecule has 1 aliphatic rings. The van der Waals surface area contributed by atoms with Crippen molar-refractivity contribution in [3.63, 3.8) is 0 Å². The second-order valence-corrected chi connectivity index (χ2v) is 6.53. The molecule has 2 aromatic rings. The number of carbonyl (C=O) groups excluding carboxylic acids is 1. The Labute approximate surface area is 132 Å². The van der Waals surface area contributed by atoms with E-state index in [-0.39, 0.29) is 5.91 Å². The molecule has 1 saturated heterocycles. The number of carbonyl (C=O) groups is 1. The third-order valence-corrected chi connectivity index (χ3v) is 4.52. The lowest BCUT2D eigenvalue weighted by atomic mass is 10.1. The number of amides is 1. The van der Waals surface area contributed by atoms with Crippen molar-refractivity contribution in [3.8, 4) is 0 Å². The summed E-state index contributed by atoms with van der Waals surface area (Å²) >= 11 is 0. The van der Waals surface area contributed by atoms with Crippen LogP contribution in [0, 0.1) is 6.92 Å². The van der Waals surface area contributed by atoms with Gasteiger partial charge in [-0.3, -0.25) is 4.79 Å². The van der Waals surface area contributed by atoms with Gasteiger partial charge in [0.1, 0.15) is 5.82 Å². The predicted molar refractivity (Wildman–Crippen MR) is 89.2 cm³/mol. The third-order valence-electron chi connectivity index (χ3n) is 4.52. The molecule has 4 heteroatoms. The van der Waals surface area contributed by atoms with Crippen molar-refractivity contribution in [3.05, 3.63) is 29.6 Å². The van der Waals surface area contributed by atoms with Crippen LogP contribution >= 0.6 is 0 Å². The van der Waals surface area contributed by atoms with Crippen LogP contribution in [0.25, 0.3) is 11.0 Å². The molecule has 2 heterocycles. The Kier molecular flexibility index (Phi) is 4.19. The molecule has 1 aromatic carbocycles. The number of benzene rings is 1. The van der Waals surface area contributed by atoms with E-state index in [4.69, 9.17) is 0 Å². The summed E-state index contributed by atoms with van der Waals surface area (Å²) in [5.74, 6) is 1.16. The summed E-state index contributed by atoms with van der Waals surface area (Å²) in [6, 6.07) is 6.32. The highest BCUT2D eigenvalue weighted by atomic mass is 16.2. The van der Waals surface area contributed by atoms with Crippen LogP contribution in [0.15, 0.2) is 18.2 Å². The molecule has 0 bridgehead atoms. The van der Waals surface area contributed by atoms with Crippen LogP contribution in [-0.4, -0.2) is 33.4 Å². The first-order valence-electron chi connectivity index (χ1n) is 8.36. The number of fused-ring (bicyclic) bond motifs is 1. The van der Waals surface area contributed by atoms with Gasteiger partial charge in [-0.25, -0.2) is 4.98 Å². The molecule has 0 saturated carbocycles. The molecule has 1 fully saturated rings. The first-order chi connectivity index (χ1) is 10.6. The fourth-order valence-corrected chi connectivity index (χ4v) is 3.46. The Balaban J connectivity index is 1.93. The molecule has 0 N–H and O–H groups in total. The molecule has 1 amide bonds. The summed E-state index contributed by atoms with van der Waals surface area (Å²) in [5, 5.41) is 0. The zero-order valence-corrected chi connectivity index (χ0v) is 13.8. The minimum absolute atomic E-state index is 0.153. The molecule has 1 aromatic heterocycles. The summed E-state index contributed by atoms with van der Waals surface area (Å²) in [6.45, 7) is 8.11. The number of likely N-dealkylation sites (tertiary alicyclic amines) is 1. The van der Waals surface area contributed by atoms with Gasteiger partial charge in [0.25, 0.3) is 5.91 Å². The lowest BCUT2D eigenvalue weighted by molar-refractivity contribution is 0.0762. The Morgan fingerprint density at radius 2 is 1.82 bits per heavy atom. The summed E-state index contributed by atoms with van der Waals surface area (Å²) in [4.78, 5) is 19.3. The molecular weight excluding hydrogens is 274 g/mol. The molecule has 0 atom stereocenters. The topological polar surface area (TPSA) is 38.1 Å². The first kappa shape index (κ1) is 15.1. The van der Waals surface area contributed by atoms with Gasteiger partial charge >= 0.3 is 0 Å². The van der Waals surface area contributed by atoms with Gasteiger partial charge in [-0.15, -0.1) is 0 Å². The molecule has 3 rings (SSSR count). The second-order valence-electron chi connectivity index (χ2n) is 6.53. The summed E-state index contributed by atoms with van der Waals surface area (Å²) in [6.07, 6.45) is 4.71. The smallest absolute Gasteiger partial charge is 0.253 e. The van der Waals surface area contributed by atoms with Gasteiger partial charge in [0.05, 0.1) is 11.0 Å². The monoisotopic (exact) mass is 299 g/mol. The largest absolute Gasteiger partial charge is 0.339 e. The van der Waals surface area contributed by atoms with Crippen LogP contribution in [0.4, 0.5) is 0 Å². The van der Waals surface area contributed by atoms with E-state index in [9.17, 15) is 4.79 Å². The zero-order chi connectivity index (χ0) is 15.7. The van der Waals surface area contributed by atoms with Gasteiger partial charge < -0.3 is 9.47 Å². The maximum atomic E-state index is 12.7. The average molecular weight is 299 g/mol. The van der Waals surface area contributed by atoms with E-state index in [1.54, 1.807) is 0 Å². The van der Waals surface area contributed by atoms with Gasteiger partial charge in [-0.05, 0) is 51.8 Å². The number of aryl methyl sites for hydroxylation is 1. The van der Waals surface area contributed by atoms with Crippen molar-refractivity contribution in [1.82, 2.24) is 14.5 Å². The van der Waals surface area contributed by atoms with E-state index < -0.39 is 0 Å². The molecule has 22 heavy (non-hydrogen) atoms. The van der Waals surface area contributed by atoms with E-state index in [0.717, 1.165) is 48.4 Å². The summed E-state index contributed by atoms with van der Waals surface area (Å²) in [5.41, 5.74) is 2.80. The number of hydrogen-bond donors (Lipinski definition) is 0. The van der Waals surface area contributed by atoms with Crippen LogP contribution in [0.3, 0.4) is 0 Å². The SMILES string of the molecule is Cc1nc2cc(C(=O)N3CCCCCC3)ccc2n1C(C)C. The van der Waals surface area contributed by atoms with Crippen molar-refractivity contribution >= 4 is 16.9 Å². The van der Waals surface area contributed by atoms with Crippen LogP contribution < -0.4 is 0 Å². The van der Waals surface area contributed by atoms with Crippen molar-refractivity contribution in [2.24, 2.45) is 0 Å². The van der Waals surface area contributed by atoms with Gasteiger partial charge in [0, 0.05) is 24.7 Å². The Hall–Kier alpha value is -1.84. The van der Waals surface area contributed by atoms with Crippen molar-refractivity contribution in [2.45, 2.75) is 52.5 Å². The van der Waals surface area contributed by atoms with Crippen molar-refractivity contribution in [2.75, 3.05) is 13.1 Å². The quantitative estimate of drug-likeness (QED) is 0.842. The van der Waals surface area contributed by atoms with Gasteiger partial charge in [-0.2, -0.15) is 0 Å². The number of aromatic nitrogens is 2. The predicted octanol–water partition coefficient (Wildman–Crippen LogP) is 3.94. The molecular formula is C18H25N3O. The first-order valence-corrected chi connectivity index (χ1v) is 8.36.